The lowest BCUT2D eigenvalue weighted by Gasteiger charge is -2.09. The lowest BCUT2D eigenvalue weighted by atomic mass is 10.2. The molecule has 1 amide bonds. The molecule has 1 aliphatic rings. The van der Waals surface area contributed by atoms with Crippen molar-refractivity contribution in [2.75, 3.05) is 0 Å². The summed E-state index contributed by atoms with van der Waals surface area (Å²) in [5, 5.41) is 10.9. The van der Waals surface area contributed by atoms with E-state index in [0.717, 1.165) is 34.4 Å². The van der Waals surface area contributed by atoms with Crippen LogP contribution in [0.3, 0.4) is 0 Å². The van der Waals surface area contributed by atoms with Crippen LogP contribution < -0.4 is 5.32 Å². The van der Waals surface area contributed by atoms with E-state index in [9.17, 15) is 4.79 Å². The van der Waals surface area contributed by atoms with E-state index in [4.69, 9.17) is 17.0 Å². The van der Waals surface area contributed by atoms with E-state index in [1.165, 1.54) is 0 Å². The van der Waals surface area contributed by atoms with Crippen molar-refractivity contribution in [1.82, 2.24) is 9.88 Å². The minimum absolute atomic E-state index is 0.169. The number of thioether (sulfide) groups is 1. The molecule has 1 aliphatic heterocycles. The Labute approximate surface area is 137 Å². The number of aromatic nitrogens is 1. The molecule has 0 spiro atoms. The first kappa shape index (κ1) is 14.9. The van der Waals surface area contributed by atoms with Crippen LogP contribution in [0.1, 0.15) is 17.0 Å². The number of amides is 1. The van der Waals surface area contributed by atoms with Crippen LogP contribution in [0, 0.1) is 19.3 Å². The zero-order valence-corrected chi connectivity index (χ0v) is 13.7. The van der Waals surface area contributed by atoms with Crippen molar-refractivity contribution in [2.24, 2.45) is 0 Å². The normalized spacial score (nSPS) is 16.4. The number of carbonyl (C=O) groups excluding carboxylic acids is 1. The molecule has 0 atom stereocenters. The van der Waals surface area contributed by atoms with Crippen LogP contribution in [-0.2, 0) is 4.79 Å². The molecule has 22 heavy (non-hydrogen) atoms. The lowest BCUT2D eigenvalue weighted by Crippen LogP contribution is -2.18. The number of nitrogens with one attached hydrogen (secondary N) is 2. The smallest absolute Gasteiger partial charge is 0.264 e. The summed E-state index contributed by atoms with van der Waals surface area (Å²) in [6.45, 7) is 4.03. The summed E-state index contributed by atoms with van der Waals surface area (Å²) in [5.74, 6) is -0.216. The van der Waals surface area contributed by atoms with E-state index in [1.54, 1.807) is 0 Å². The SMILES string of the molecule is Cc1cc(C=C2SC(=N)NC2=O)c(C)n1-c1ccc(Cl)cc1. The second-order valence-electron chi connectivity index (χ2n) is 5.03. The summed E-state index contributed by atoms with van der Waals surface area (Å²) < 4.78 is 2.12. The number of amidine groups is 1. The Balaban J connectivity index is 2.04. The van der Waals surface area contributed by atoms with E-state index >= 15 is 0 Å². The molecule has 1 aromatic carbocycles. The molecule has 0 unspecified atom stereocenters. The van der Waals surface area contributed by atoms with Crippen LogP contribution in [0.5, 0.6) is 0 Å². The average molecular weight is 332 g/mol. The standard InChI is InChI=1S/C16H14ClN3OS/c1-9-7-11(8-14-15(21)19-16(18)22-14)10(2)20(9)13-5-3-12(17)4-6-13/h3-8H,1-2H3,(H2,18,19,21). The van der Waals surface area contributed by atoms with Crippen molar-refractivity contribution in [1.29, 1.82) is 5.41 Å². The highest BCUT2D eigenvalue weighted by Crippen LogP contribution is 2.28. The van der Waals surface area contributed by atoms with Crippen LogP contribution in [0.15, 0.2) is 35.2 Å². The zero-order chi connectivity index (χ0) is 15.9. The van der Waals surface area contributed by atoms with Crippen molar-refractivity contribution < 1.29 is 4.79 Å². The fourth-order valence-corrected chi connectivity index (χ4v) is 3.32. The molecular weight excluding hydrogens is 318 g/mol. The van der Waals surface area contributed by atoms with Crippen molar-refractivity contribution in [3.05, 3.63) is 57.2 Å². The van der Waals surface area contributed by atoms with Gasteiger partial charge in [-0.05, 0) is 67.6 Å². The third kappa shape index (κ3) is 2.69. The molecule has 0 aliphatic carbocycles. The predicted octanol–water partition coefficient (Wildman–Crippen LogP) is 3.89. The molecule has 2 N–H and O–H groups in total. The maximum absolute atomic E-state index is 11.7. The number of benzene rings is 1. The van der Waals surface area contributed by atoms with Crippen LogP contribution in [0.4, 0.5) is 0 Å². The van der Waals surface area contributed by atoms with Gasteiger partial charge in [0.15, 0.2) is 5.17 Å². The molecule has 0 radical (unpaired) electrons. The largest absolute Gasteiger partial charge is 0.318 e. The number of rotatable bonds is 2. The summed E-state index contributed by atoms with van der Waals surface area (Å²) in [4.78, 5) is 12.3. The molecule has 4 nitrogen and oxygen atoms in total. The molecule has 0 bridgehead atoms. The Morgan fingerprint density at radius 1 is 1.27 bits per heavy atom. The van der Waals surface area contributed by atoms with E-state index in [2.05, 4.69) is 9.88 Å². The van der Waals surface area contributed by atoms with Crippen molar-refractivity contribution in [3.8, 4) is 5.69 Å². The summed E-state index contributed by atoms with van der Waals surface area (Å²) in [7, 11) is 0. The van der Waals surface area contributed by atoms with Crippen LogP contribution >= 0.6 is 23.4 Å². The first-order chi connectivity index (χ1) is 10.5. The number of hydrogen-bond donors (Lipinski definition) is 2. The third-order valence-corrected chi connectivity index (χ3v) is 4.59. The maximum atomic E-state index is 11.7. The van der Waals surface area contributed by atoms with Gasteiger partial charge in [0.05, 0.1) is 4.91 Å². The van der Waals surface area contributed by atoms with Crippen LogP contribution in [0.25, 0.3) is 11.8 Å². The monoisotopic (exact) mass is 331 g/mol. The van der Waals surface area contributed by atoms with E-state index in [-0.39, 0.29) is 11.1 Å². The maximum Gasteiger partial charge on any atom is 0.264 e. The molecule has 1 fully saturated rings. The summed E-state index contributed by atoms with van der Waals surface area (Å²) in [6.07, 6.45) is 1.83. The number of carbonyl (C=O) groups is 1. The third-order valence-electron chi connectivity index (χ3n) is 3.50. The van der Waals surface area contributed by atoms with E-state index in [1.807, 2.05) is 50.3 Å². The Bertz CT molecular complexity index is 806. The molecule has 2 heterocycles. The van der Waals surface area contributed by atoms with Crippen LogP contribution in [-0.4, -0.2) is 15.6 Å². The molecule has 1 aromatic heterocycles. The molecule has 2 aromatic rings. The van der Waals surface area contributed by atoms with Gasteiger partial charge in [-0.1, -0.05) is 11.6 Å². The highest BCUT2D eigenvalue weighted by molar-refractivity contribution is 8.18. The van der Waals surface area contributed by atoms with Gasteiger partial charge in [-0.3, -0.25) is 10.2 Å². The van der Waals surface area contributed by atoms with Gasteiger partial charge < -0.3 is 9.88 Å². The van der Waals surface area contributed by atoms with E-state index < -0.39 is 0 Å². The second kappa shape index (κ2) is 5.66. The Kier molecular flexibility index (Phi) is 3.85. The molecular formula is C16H14ClN3OS. The first-order valence-corrected chi connectivity index (χ1v) is 7.89. The topological polar surface area (TPSA) is 57.9 Å². The summed E-state index contributed by atoms with van der Waals surface area (Å²) in [6, 6.07) is 9.68. The highest BCUT2D eigenvalue weighted by Gasteiger charge is 2.23. The minimum atomic E-state index is -0.216. The first-order valence-electron chi connectivity index (χ1n) is 6.70. The van der Waals surface area contributed by atoms with Gasteiger partial charge in [-0.2, -0.15) is 0 Å². The molecule has 6 heteroatoms. The quantitative estimate of drug-likeness (QED) is 0.820. The second-order valence-corrected chi connectivity index (χ2v) is 6.52. The van der Waals surface area contributed by atoms with Crippen molar-refractivity contribution in [3.63, 3.8) is 0 Å². The lowest BCUT2D eigenvalue weighted by molar-refractivity contribution is -0.115. The fraction of sp³-hybridized carbons (Fsp3) is 0.125. The van der Waals surface area contributed by atoms with E-state index in [0.29, 0.717) is 9.93 Å². The van der Waals surface area contributed by atoms with Gasteiger partial charge in [-0.15, -0.1) is 0 Å². The number of halogens is 1. The Morgan fingerprint density at radius 2 is 1.95 bits per heavy atom. The zero-order valence-electron chi connectivity index (χ0n) is 12.1. The number of aryl methyl sites for hydroxylation is 1. The Hall–Kier alpha value is -1.98. The van der Waals surface area contributed by atoms with Gasteiger partial charge in [0.1, 0.15) is 0 Å². The number of hydrogen-bond acceptors (Lipinski definition) is 3. The average Bonchev–Trinajstić information content (AvgIpc) is 2.92. The fourth-order valence-electron chi connectivity index (χ4n) is 2.50. The van der Waals surface area contributed by atoms with Crippen molar-refractivity contribution >= 4 is 40.5 Å². The van der Waals surface area contributed by atoms with Crippen molar-refractivity contribution in [2.45, 2.75) is 13.8 Å². The minimum Gasteiger partial charge on any atom is -0.318 e. The van der Waals surface area contributed by atoms with Gasteiger partial charge in [0.25, 0.3) is 5.91 Å². The Morgan fingerprint density at radius 3 is 2.55 bits per heavy atom. The number of nitrogens with zero attached hydrogens (tertiary/aromatic N) is 1. The summed E-state index contributed by atoms with van der Waals surface area (Å²) >= 11 is 7.09. The molecule has 3 rings (SSSR count). The molecule has 1 saturated heterocycles. The molecule has 0 saturated carbocycles. The molecule has 112 valence electrons. The summed E-state index contributed by atoms with van der Waals surface area (Å²) in [5.41, 5.74) is 4.12. The highest BCUT2D eigenvalue weighted by atomic mass is 35.5. The van der Waals surface area contributed by atoms with Gasteiger partial charge in [0.2, 0.25) is 0 Å². The van der Waals surface area contributed by atoms with Crippen LogP contribution in [0.2, 0.25) is 5.02 Å². The van der Waals surface area contributed by atoms with Gasteiger partial charge in [-0.25, -0.2) is 0 Å². The predicted molar refractivity (Wildman–Crippen MR) is 91.7 cm³/mol. The van der Waals surface area contributed by atoms with Gasteiger partial charge >= 0.3 is 0 Å². The van der Waals surface area contributed by atoms with Gasteiger partial charge in [0, 0.05) is 22.1 Å².